The van der Waals surface area contributed by atoms with Crippen molar-refractivity contribution in [3.05, 3.63) is 53.2 Å². The fourth-order valence-electron chi connectivity index (χ4n) is 3.70. The summed E-state index contributed by atoms with van der Waals surface area (Å²) in [7, 11) is 3.89. The minimum Gasteiger partial charge on any atom is -0.496 e. The molecule has 168 valence electrons. The van der Waals surface area contributed by atoms with E-state index in [1.54, 1.807) is 7.11 Å². The second kappa shape index (κ2) is 11.6. The molecule has 1 aliphatic heterocycles. The number of aryl methyl sites for hydroxylation is 1. The van der Waals surface area contributed by atoms with Crippen LogP contribution < -0.4 is 20.3 Å². The number of anilines is 1. The molecular formula is C24H36N6O. The summed E-state index contributed by atoms with van der Waals surface area (Å²) in [6, 6.07) is 10.5. The molecule has 0 radical (unpaired) electrons. The van der Waals surface area contributed by atoms with Gasteiger partial charge in [0.05, 0.1) is 13.7 Å². The molecule has 0 bridgehead atoms. The van der Waals surface area contributed by atoms with E-state index in [-0.39, 0.29) is 0 Å². The zero-order valence-electron chi connectivity index (χ0n) is 19.3. The predicted octanol–water partition coefficient (Wildman–Crippen LogP) is 2.45. The number of rotatable bonds is 8. The van der Waals surface area contributed by atoms with E-state index in [4.69, 9.17) is 9.73 Å². The third-order valence-corrected chi connectivity index (χ3v) is 5.52. The van der Waals surface area contributed by atoms with Crippen LogP contribution in [0.4, 0.5) is 5.82 Å². The van der Waals surface area contributed by atoms with Crippen molar-refractivity contribution in [1.82, 2.24) is 20.5 Å². The fraction of sp³-hybridized carbons (Fsp3) is 0.500. The molecule has 31 heavy (non-hydrogen) atoms. The summed E-state index contributed by atoms with van der Waals surface area (Å²) < 4.78 is 5.49. The van der Waals surface area contributed by atoms with Crippen LogP contribution in [-0.4, -0.2) is 69.3 Å². The van der Waals surface area contributed by atoms with Crippen molar-refractivity contribution in [2.45, 2.75) is 26.8 Å². The minimum absolute atomic E-state index is 0.617. The Morgan fingerprint density at radius 1 is 1.13 bits per heavy atom. The molecule has 1 fully saturated rings. The van der Waals surface area contributed by atoms with Gasteiger partial charge in [0.1, 0.15) is 11.6 Å². The molecule has 0 saturated carbocycles. The van der Waals surface area contributed by atoms with Crippen LogP contribution in [0.3, 0.4) is 0 Å². The lowest BCUT2D eigenvalue weighted by Crippen LogP contribution is -2.44. The SMILES string of the molecule is CCNC(=NCc1ccnc(N2CCN(C)CC2)c1)NCCc1cc(C)ccc1OC. The van der Waals surface area contributed by atoms with Crippen molar-refractivity contribution in [3.63, 3.8) is 0 Å². The zero-order chi connectivity index (χ0) is 22.1. The molecule has 2 heterocycles. The number of pyridine rings is 1. The zero-order valence-corrected chi connectivity index (χ0v) is 19.3. The Bertz CT molecular complexity index is 861. The Morgan fingerprint density at radius 3 is 2.68 bits per heavy atom. The maximum Gasteiger partial charge on any atom is 0.191 e. The van der Waals surface area contributed by atoms with Gasteiger partial charge in [0.2, 0.25) is 0 Å². The summed E-state index contributed by atoms with van der Waals surface area (Å²) in [4.78, 5) is 14.1. The van der Waals surface area contributed by atoms with Crippen molar-refractivity contribution in [3.8, 4) is 5.75 Å². The number of hydrogen-bond acceptors (Lipinski definition) is 5. The molecule has 1 aliphatic rings. The van der Waals surface area contributed by atoms with E-state index in [1.807, 2.05) is 18.3 Å². The van der Waals surface area contributed by atoms with Crippen LogP contribution in [0.2, 0.25) is 0 Å². The van der Waals surface area contributed by atoms with Gasteiger partial charge in [-0.1, -0.05) is 17.7 Å². The van der Waals surface area contributed by atoms with Crippen molar-refractivity contribution in [1.29, 1.82) is 0 Å². The highest BCUT2D eigenvalue weighted by Gasteiger charge is 2.15. The number of likely N-dealkylation sites (N-methyl/N-ethyl adjacent to an activating group) is 1. The van der Waals surface area contributed by atoms with Crippen LogP contribution in [0.15, 0.2) is 41.5 Å². The van der Waals surface area contributed by atoms with Crippen LogP contribution in [0.1, 0.15) is 23.6 Å². The molecule has 0 spiro atoms. The lowest BCUT2D eigenvalue weighted by Gasteiger charge is -2.33. The van der Waals surface area contributed by atoms with Crippen LogP contribution in [-0.2, 0) is 13.0 Å². The van der Waals surface area contributed by atoms with E-state index in [0.29, 0.717) is 6.54 Å². The predicted molar refractivity (Wildman–Crippen MR) is 128 cm³/mol. The van der Waals surface area contributed by atoms with E-state index in [2.05, 4.69) is 64.5 Å². The van der Waals surface area contributed by atoms with Crippen LogP contribution in [0.25, 0.3) is 0 Å². The van der Waals surface area contributed by atoms with Gasteiger partial charge < -0.3 is 25.2 Å². The Labute approximate surface area is 186 Å². The molecule has 1 saturated heterocycles. The summed E-state index contributed by atoms with van der Waals surface area (Å²) >= 11 is 0. The highest BCUT2D eigenvalue weighted by Crippen LogP contribution is 2.20. The number of nitrogens with one attached hydrogen (secondary N) is 2. The molecule has 2 N–H and O–H groups in total. The van der Waals surface area contributed by atoms with E-state index in [0.717, 1.165) is 63.2 Å². The van der Waals surface area contributed by atoms with Crippen molar-refractivity contribution in [2.75, 3.05) is 58.3 Å². The van der Waals surface area contributed by atoms with Crippen molar-refractivity contribution in [2.24, 2.45) is 4.99 Å². The van der Waals surface area contributed by atoms with Crippen molar-refractivity contribution < 1.29 is 4.74 Å². The van der Waals surface area contributed by atoms with Crippen LogP contribution in [0.5, 0.6) is 5.75 Å². The summed E-state index contributed by atoms with van der Waals surface area (Å²) in [6.45, 7) is 10.6. The van der Waals surface area contributed by atoms with Crippen LogP contribution in [0, 0.1) is 6.92 Å². The molecule has 0 atom stereocenters. The summed E-state index contributed by atoms with van der Waals surface area (Å²) in [5.74, 6) is 2.81. The standard InChI is InChI=1S/C24H36N6O/c1-5-25-24(27-11-9-21-16-19(2)6-7-22(21)31-4)28-18-20-8-10-26-23(17-20)30-14-12-29(3)13-15-30/h6-8,10,16-17H,5,9,11-15,18H2,1-4H3,(H2,25,27,28). The Balaban J connectivity index is 1.58. The van der Waals surface area contributed by atoms with E-state index in [9.17, 15) is 0 Å². The van der Waals surface area contributed by atoms with E-state index >= 15 is 0 Å². The van der Waals surface area contributed by atoms with Gasteiger partial charge in [0.15, 0.2) is 5.96 Å². The molecule has 1 aromatic heterocycles. The quantitative estimate of drug-likeness (QED) is 0.501. The van der Waals surface area contributed by atoms with Crippen LogP contribution >= 0.6 is 0 Å². The molecule has 7 nitrogen and oxygen atoms in total. The molecule has 7 heteroatoms. The van der Waals surface area contributed by atoms with E-state index in [1.165, 1.54) is 16.7 Å². The number of ether oxygens (including phenoxy) is 1. The first-order valence-corrected chi connectivity index (χ1v) is 11.1. The van der Waals surface area contributed by atoms with Gasteiger partial charge in [-0.15, -0.1) is 0 Å². The number of aromatic nitrogens is 1. The summed E-state index contributed by atoms with van der Waals surface area (Å²) in [6.07, 6.45) is 2.76. The number of hydrogen-bond donors (Lipinski definition) is 2. The average molecular weight is 425 g/mol. The molecule has 2 aromatic rings. The highest BCUT2D eigenvalue weighted by atomic mass is 16.5. The summed E-state index contributed by atoms with van der Waals surface area (Å²) in [5, 5.41) is 6.78. The van der Waals surface area contributed by atoms with Gasteiger partial charge in [-0.3, -0.25) is 0 Å². The van der Waals surface area contributed by atoms with Gasteiger partial charge in [0.25, 0.3) is 0 Å². The van der Waals surface area contributed by atoms with Gasteiger partial charge in [-0.25, -0.2) is 9.98 Å². The largest absolute Gasteiger partial charge is 0.496 e. The maximum atomic E-state index is 5.49. The molecule has 3 rings (SSSR count). The fourth-order valence-corrected chi connectivity index (χ4v) is 3.70. The molecular weight excluding hydrogens is 388 g/mol. The number of benzene rings is 1. The third kappa shape index (κ3) is 6.85. The number of methoxy groups -OCH3 is 1. The number of aliphatic imine (C=N–C) groups is 1. The first-order valence-electron chi connectivity index (χ1n) is 11.1. The Hall–Kier alpha value is -2.80. The van der Waals surface area contributed by atoms with E-state index < -0.39 is 0 Å². The lowest BCUT2D eigenvalue weighted by atomic mass is 10.1. The first kappa shape index (κ1) is 22.9. The van der Waals surface area contributed by atoms with Gasteiger partial charge in [-0.2, -0.15) is 0 Å². The summed E-state index contributed by atoms with van der Waals surface area (Å²) in [5.41, 5.74) is 3.61. The number of piperazine rings is 1. The normalized spacial score (nSPS) is 15.1. The Morgan fingerprint density at radius 2 is 1.94 bits per heavy atom. The van der Waals surface area contributed by atoms with Gasteiger partial charge in [-0.05, 0) is 56.6 Å². The number of guanidine groups is 1. The van der Waals surface area contributed by atoms with Gasteiger partial charge in [0, 0.05) is 45.5 Å². The molecule has 0 amide bonds. The average Bonchev–Trinajstić information content (AvgIpc) is 2.78. The smallest absolute Gasteiger partial charge is 0.191 e. The second-order valence-corrected chi connectivity index (χ2v) is 8.00. The highest BCUT2D eigenvalue weighted by molar-refractivity contribution is 5.79. The first-order chi connectivity index (χ1) is 15.1. The third-order valence-electron chi connectivity index (χ3n) is 5.52. The minimum atomic E-state index is 0.617. The van der Waals surface area contributed by atoms with Gasteiger partial charge >= 0.3 is 0 Å². The molecule has 1 aromatic carbocycles. The maximum absolute atomic E-state index is 5.49. The Kier molecular flexibility index (Phi) is 8.53. The molecule has 0 aliphatic carbocycles. The van der Waals surface area contributed by atoms with Crippen molar-refractivity contribution >= 4 is 11.8 Å². The lowest BCUT2D eigenvalue weighted by molar-refractivity contribution is 0.312. The monoisotopic (exact) mass is 424 g/mol. The molecule has 0 unspecified atom stereocenters. The number of nitrogens with zero attached hydrogens (tertiary/aromatic N) is 4. The second-order valence-electron chi connectivity index (χ2n) is 8.00. The topological polar surface area (TPSA) is 65.0 Å².